The van der Waals surface area contributed by atoms with Gasteiger partial charge in [-0.2, -0.15) is 0 Å². The highest BCUT2D eigenvalue weighted by molar-refractivity contribution is 14.1. The molecular weight excluding hydrogens is 279 g/mol. The summed E-state index contributed by atoms with van der Waals surface area (Å²) in [5.41, 5.74) is 2.47. The minimum Gasteiger partial charge on any atom is -0.306 e. The summed E-state index contributed by atoms with van der Waals surface area (Å²) in [6, 6.07) is 3.88. The van der Waals surface area contributed by atoms with Crippen LogP contribution in [0.15, 0.2) is 24.5 Å². The van der Waals surface area contributed by atoms with Crippen LogP contribution in [0.25, 0.3) is 5.65 Å². The van der Waals surface area contributed by atoms with Gasteiger partial charge in [-0.3, -0.25) is 4.79 Å². The summed E-state index contributed by atoms with van der Waals surface area (Å²) in [5, 5.41) is 0. The van der Waals surface area contributed by atoms with E-state index < -0.39 is 0 Å². The van der Waals surface area contributed by atoms with Crippen LogP contribution in [-0.4, -0.2) is 13.2 Å². The van der Waals surface area contributed by atoms with Crippen molar-refractivity contribution in [3.05, 3.63) is 35.8 Å². The molecule has 2 heterocycles. The zero-order chi connectivity index (χ0) is 9.42. The van der Waals surface area contributed by atoms with E-state index in [9.17, 15) is 4.79 Å². The maximum atomic E-state index is 11.0. The number of imidazole rings is 1. The molecule has 0 saturated heterocycles. The minimum atomic E-state index is -0.0287. The standard InChI is InChI=1S/C9H7IN2O/c1-6-2-3-8-11-7(9(10)13)5-12(8)4-6/h2-5H,1H3. The van der Waals surface area contributed by atoms with Gasteiger partial charge in [-0.05, 0) is 18.6 Å². The second-order valence-electron chi connectivity index (χ2n) is 2.87. The van der Waals surface area contributed by atoms with E-state index in [1.165, 1.54) is 0 Å². The summed E-state index contributed by atoms with van der Waals surface area (Å²) in [4.78, 5) is 15.2. The van der Waals surface area contributed by atoms with E-state index in [-0.39, 0.29) is 3.79 Å². The normalized spacial score (nSPS) is 10.6. The molecule has 2 aromatic heterocycles. The Morgan fingerprint density at radius 1 is 1.46 bits per heavy atom. The van der Waals surface area contributed by atoms with Crippen molar-refractivity contribution in [2.45, 2.75) is 6.92 Å². The third-order valence-corrected chi connectivity index (χ3v) is 2.35. The predicted octanol–water partition coefficient (Wildman–Crippen LogP) is 2.22. The SMILES string of the molecule is Cc1ccc2nc(C(=O)I)cn2c1. The van der Waals surface area contributed by atoms with Gasteiger partial charge < -0.3 is 4.40 Å². The van der Waals surface area contributed by atoms with E-state index in [2.05, 4.69) is 4.98 Å². The van der Waals surface area contributed by atoms with Crippen molar-refractivity contribution in [2.24, 2.45) is 0 Å². The lowest BCUT2D eigenvalue weighted by atomic mass is 10.3. The lowest BCUT2D eigenvalue weighted by Crippen LogP contribution is -1.85. The van der Waals surface area contributed by atoms with E-state index in [1.54, 1.807) is 28.8 Å². The first-order valence-corrected chi connectivity index (χ1v) is 4.90. The predicted molar refractivity (Wildman–Crippen MR) is 58.3 cm³/mol. The third-order valence-electron chi connectivity index (χ3n) is 1.80. The Balaban J connectivity index is 2.68. The number of halogens is 1. The molecule has 3 nitrogen and oxygen atoms in total. The third kappa shape index (κ3) is 1.58. The largest absolute Gasteiger partial charge is 0.306 e. The highest BCUT2D eigenvalue weighted by atomic mass is 127. The summed E-state index contributed by atoms with van der Waals surface area (Å²) in [6.07, 6.45) is 3.70. The van der Waals surface area contributed by atoms with Crippen LogP contribution < -0.4 is 0 Å². The molecule has 0 fully saturated rings. The molecule has 0 N–H and O–H groups in total. The first-order valence-electron chi connectivity index (χ1n) is 3.82. The second kappa shape index (κ2) is 3.10. The van der Waals surface area contributed by atoms with Crippen molar-refractivity contribution in [1.29, 1.82) is 0 Å². The molecule has 0 atom stereocenters. The van der Waals surface area contributed by atoms with Gasteiger partial charge in [0.25, 0.3) is 0 Å². The van der Waals surface area contributed by atoms with Crippen molar-refractivity contribution in [3.8, 4) is 0 Å². The number of pyridine rings is 1. The molecule has 0 amide bonds. The minimum absolute atomic E-state index is 0.0287. The number of carbonyl (C=O) groups excluding carboxylic acids is 1. The molecule has 4 heteroatoms. The van der Waals surface area contributed by atoms with Crippen molar-refractivity contribution >= 4 is 32.0 Å². The van der Waals surface area contributed by atoms with Gasteiger partial charge in [-0.1, -0.05) is 6.07 Å². The molecule has 66 valence electrons. The van der Waals surface area contributed by atoms with E-state index in [0.29, 0.717) is 5.69 Å². The van der Waals surface area contributed by atoms with Crippen LogP contribution in [0.1, 0.15) is 16.1 Å². The Labute approximate surface area is 88.9 Å². The summed E-state index contributed by atoms with van der Waals surface area (Å²) >= 11 is 1.74. The molecule has 13 heavy (non-hydrogen) atoms. The number of aromatic nitrogens is 2. The fourth-order valence-corrected chi connectivity index (χ4v) is 1.46. The van der Waals surface area contributed by atoms with Crippen molar-refractivity contribution in [3.63, 3.8) is 0 Å². The topological polar surface area (TPSA) is 34.4 Å². The maximum absolute atomic E-state index is 11.0. The van der Waals surface area contributed by atoms with Gasteiger partial charge in [0.2, 0.25) is 3.79 Å². The van der Waals surface area contributed by atoms with Gasteiger partial charge in [0.1, 0.15) is 11.3 Å². The Bertz CT molecular complexity index is 475. The van der Waals surface area contributed by atoms with Gasteiger partial charge in [0.15, 0.2) is 0 Å². The maximum Gasteiger partial charge on any atom is 0.242 e. The summed E-state index contributed by atoms with van der Waals surface area (Å²) in [5.74, 6) is 0. The molecule has 0 spiro atoms. The zero-order valence-electron chi connectivity index (χ0n) is 6.99. The van der Waals surface area contributed by atoms with Crippen LogP contribution in [0, 0.1) is 6.92 Å². The van der Waals surface area contributed by atoms with Gasteiger partial charge in [0, 0.05) is 35.0 Å². The number of carbonyl (C=O) groups is 1. The lowest BCUT2D eigenvalue weighted by Gasteiger charge is -1.92. The number of rotatable bonds is 1. The van der Waals surface area contributed by atoms with Crippen LogP contribution in [0.4, 0.5) is 0 Å². The molecule has 0 aliphatic carbocycles. The van der Waals surface area contributed by atoms with Crippen molar-refractivity contribution in [1.82, 2.24) is 9.38 Å². The van der Waals surface area contributed by atoms with Gasteiger partial charge >= 0.3 is 0 Å². The highest BCUT2D eigenvalue weighted by Crippen LogP contribution is 2.09. The molecule has 0 aromatic carbocycles. The fourth-order valence-electron chi connectivity index (χ4n) is 1.20. The first-order chi connectivity index (χ1) is 6.16. The van der Waals surface area contributed by atoms with E-state index in [1.807, 2.05) is 29.7 Å². The quantitative estimate of drug-likeness (QED) is 0.595. The average Bonchev–Trinajstić information content (AvgIpc) is 2.46. The smallest absolute Gasteiger partial charge is 0.242 e. The van der Waals surface area contributed by atoms with Crippen molar-refractivity contribution in [2.75, 3.05) is 0 Å². The zero-order valence-corrected chi connectivity index (χ0v) is 9.15. The number of hydrogen-bond donors (Lipinski definition) is 0. The van der Waals surface area contributed by atoms with Crippen LogP contribution in [0.3, 0.4) is 0 Å². The molecule has 0 unspecified atom stereocenters. The molecule has 2 aromatic rings. The molecule has 0 aliphatic rings. The van der Waals surface area contributed by atoms with Gasteiger partial charge in [0.05, 0.1) is 0 Å². The summed E-state index contributed by atoms with van der Waals surface area (Å²) in [7, 11) is 0. The van der Waals surface area contributed by atoms with Crippen molar-refractivity contribution < 1.29 is 4.79 Å². The Hall–Kier alpha value is -0.910. The summed E-state index contributed by atoms with van der Waals surface area (Å²) in [6.45, 7) is 2.00. The number of hydrogen-bond acceptors (Lipinski definition) is 2. The molecule has 0 saturated carbocycles. The van der Waals surface area contributed by atoms with Crippen LogP contribution >= 0.6 is 22.6 Å². The Morgan fingerprint density at radius 2 is 2.23 bits per heavy atom. The fraction of sp³-hybridized carbons (Fsp3) is 0.111. The molecule has 0 aliphatic heterocycles. The molecule has 0 radical (unpaired) electrons. The van der Waals surface area contributed by atoms with Crippen LogP contribution in [-0.2, 0) is 0 Å². The Morgan fingerprint density at radius 3 is 2.92 bits per heavy atom. The summed E-state index contributed by atoms with van der Waals surface area (Å²) < 4.78 is 1.83. The van der Waals surface area contributed by atoms with Gasteiger partial charge in [-0.15, -0.1) is 0 Å². The lowest BCUT2D eigenvalue weighted by molar-refractivity contribution is 0.110. The van der Waals surface area contributed by atoms with E-state index in [0.717, 1.165) is 11.2 Å². The second-order valence-corrected chi connectivity index (χ2v) is 3.85. The number of nitrogens with zero attached hydrogens (tertiary/aromatic N) is 2. The molecular formula is C9H7IN2O. The van der Waals surface area contributed by atoms with E-state index >= 15 is 0 Å². The van der Waals surface area contributed by atoms with Crippen LogP contribution in [0.5, 0.6) is 0 Å². The Kier molecular flexibility index (Phi) is 2.07. The molecule has 2 rings (SSSR count). The monoisotopic (exact) mass is 286 g/mol. The van der Waals surface area contributed by atoms with Gasteiger partial charge in [-0.25, -0.2) is 4.98 Å². The molecule has 0 bridgehead atoms. The van der Waals surface area contributed by atoms with Crippen LogP contribution in [0.2, 0.25) is 0 Å². The number of fused-ring (bicyclic) bond motifs is 1. The number of aryl methyl sites for hydroxylation is 1. The average molecular weight is 286 g/mol. The highest BCUT2D eigenvalue weighted by Gasteiger charge is 2.06. The first kappa shape index (κ1) is 8.68. The van der Waals surface area contributed by atoms with E-state index in [4.69, 9.17) is 0 Å².